The van der Waals surface area contributed by atoms with Crippen LogP contribution in [0.2, 0.25) is 0 Å². The predicted octanol–water partition coefficient (Wildman–Crippen LogP) is 4.13. The molecule has 0 radical (unpaired) electrons. The fraction of sp³-hybridized carbons (Fsp3) is 0.125. The quantitative estimate of drug-likeness (QED) is 0.437. The summed E-state index contributed by atoms with van der Waals surface area (Å²) in [6, 6.07) is 20.3. The summed E-state index contributed by atoms with van der Waals surface area (Å²) in [6.07, 6.45) is 0. The molecule has 1 amide bonds. The number of aromatic nitrogens is 3. The molecule has 0 saturated carbocycles. The topological polar surface area (TPSA) is 89.1 Å². The second-order valence-corrected chi connectivity index (χ2v) is 6.93. The molecule has 3 aromatic carbocycles. The van der Waals surface area contributed by atoms with Gasteiger partial charge in [-0.3, -0.25) is 9.89 Å². The van der Waals surface area contributed by atoms with Crippen molar-refractivity contribution in [3.8, 4) is 22.9 Å². The zero-order chi connectivity index (χ0) is 22.3. The van der Waals surface area contributed by atoms with Crippen molar-refractivity contribution < 1.29 is 18.7 Å². The number of methoxy groups -OCH3 is 1. The van der Waals surface area contributed by atoms with E-state index in [2.05, 4.69) is 20.5 Å². The van der Waals surface area contributed by atoms with Gasteiger partial charge in [-0.2, -0.15) is 5.10 Å². The number of H-pyrrole nitrogens is 1. The molecule has 162 valence electrons. The Hall–Kier alpha value is -4.20. The number of aromatic amines is 1. The molecule has 8 heteroatoms. The molecule has 0 bridgehead atoms. The third kappa shape index (κ3) is 5.10. The summed E-state index contributed by atoms with van der Waals surface area (Å²) in [5, 5.41) is 9.86. The normalized spacial score (nSPS) is 10.6. The first-order valence-electron chi connectivity index (χ1n) is 9.92. The fourth-order valence-electron chi connectivity index (χ4n) is 3.02. The molecule has 0 saturated heterocycles. The Morgan fingerprint density at radius 1 is 1.03 bits per heavy atom. The SMILES string of the molecule is COc1ccc(-c2n[nH]c(CNC(=O)c3ccccc3OCc3ccc(F)cc3)n2)cc1. The molecule has 0 aliphatic heterocycles. The van der Waals surface area contributed by atoms with Gasteiger partial charge in [-0.15, -0.1) is 0 Å². The van der Waals surface area contributed by atoms with Crippen LogP contribution >= 0.6 is 0 Å². The molecule has 0 spiro atoms. The third-order valence-electron chi connectivity index (χ3n) is 4.74. The van der Waals surface area contributed by atoms with Gasteiger partial charge >= 0.3 is 0 Å². The zero-order valence-electron chi connectivity index (χ0n) is 17.3. The molecule has 0 aliphatic carbocycles. The molecule has 1 aromatic heterocycles. The Kier molecular flexibility index (Phi) is 6.41. The summed E-state index contributed by atoms with van der Waals surface area (Å²) >= 11 is 0. The molecule has 0 fully saturated rings. The monoisotopic (exact) mass is 432 g/mol. The summed E-state index contributed by atoms with van der Waals surface area (Å²) in [7, 11) is 1.61. The minimum Gasteiger partial charge on any atom is -0.497 e. The van der Waals surface area contributed by atoms with Crippen LogP contribution in [-0.4, -0.2) is 28.2 Å². The molecule has 2 N–H and O–H groups in total. The lowest BCUT2D eigenvalue weighted by atomic mass is 10.2. The number of ether oxygens (including phenoxy) is 2. The van der Waals surface area contributed by atoms with E-state index in [4.69, 9.17) is 9.47 Å². The number of para-hydroxylation sites is 1. The number of nitrogens with zero attached hydrogens (tertiary/aromatic N) is 2. The molecule has 1 heterocycles. The molecule has 4 rings (SSSR count). The van der Waals surface area contributed by atoms with E-state index in [0.717, 1.165) is 16.9 Å². The molecule has 4 aromatic rings. The minimum atomic E-state index is -0.309. The molecule has 32 heavy (non-hydrogen) atoms. The number of amides is 1. The third-order valence-corrected chi connectivity index (χ3v) is 4.74. The molecule has 0 atom stereocenters. The van der Waals surface area contributed by atoms with E-state index in [0.29, 0.717) is 23.0 Å². The van der Waals surface area contributed by atoms with E-state index in [1.54, 1.807) is 43.5 Å². The van der Waals surface area contributed by atoms with E-state index < -0.39 is 0 Å². The van der Waals surface area contributed by atoms with E-state index in [1.165, 1.54) is 12.1 Å². The standard InChI is InChI=1S/C24H21FN4O3/c1-31-19-12-8-17(9-13-19)23-27-22(28-29-23)14-26-24(30)20-4-2-3-5-21(20)32-15-16-6-10-18(25)11-7-16/h2-13H,14-15H2,1H3,(H,26,30)(H,27,28,29). The summed E-state index contributed by atoms with van der Waals surface area (Å²) < 4.78 is 24.0. The number of nitrogens with one attached hydrogen (secondary N) is 2. The first-order valence-corrected chi connectivity index (χ1v) is 9.92. The largest absolute Gasteiger partial charge is 0.497 e. The van der Waals surface area contributed by atoms with Crippen LogP contribution in [0.15, 0.2) is 72.8 Å². The first-order chi connectivity index (χ1) is 15.6. The van der Waals surface area contributed by atoms with Gasteiger partial charge in [-0.1, -0.05) is 24.3 Å². The highest BCUT2D eigenvalue weighted by atomic mass is 19.1. The Labute approximate surface area is 184 Å². The first kappa shape index (κ1) is 21.0. The van der Waals surface area contributed by atoms with Gasteiger partial charge in [-0.05, 0) is 54.1 Å². The van der Waals surface area contributed by atoms with Crippen LogP contribution in [-0.2, 0) is 13.2 Å². The van der Waals surface area contributed by atoms with Crippen LogP contribution in [0.25, 0.3) is 11.4 Å². The van der Waals surface area contributed by atoms with Gasteiger partial charge in [-0.25, -0.2) is 9.37 Å². The van der Waals surface area contributed by atoms with Gasteiger partial charge in [0.15, 0.2) is 5.82 Å². The predicted molar refractivity (Wildman–Crippen MR) is 117 cm³/mol. The van der Waals surface area contributed by atoms with Crippen molar-refractivity contribution >= 4 is 5.91 Å². The van der Waals surface area contributed by atoms with Crippen LogP contribution in [0.4, 0.5) is 4.39 Å². The van der Waals surface area contributed by atoms with Crippen molar-refractivity contribution in [3.63, 3.8) is 0 Å². The summed E-state index contributed by atoms with van der Waals surface area (Å²) in [5.41, 5.74) is 2.03. The number of hydrogen-bond donors (Lipinski definition) is 2. The lowest BCUT2D eigenvalue weighted by Gasteiger charge is -2.11. The number of carbonyl (C=O) groups is 1. The Balaban J connectivity index is 1.38. The van der Waals surface area contributed by atoms with Gasteiger partial charge in [0.25, 0.3) is 5.91 Å². The highest BCUT2D eigenvalue weighted by Gasteiger charge is 2.13. The fourth-order valence-corrected chi connectivity index (χ4v) is 3.02. The van der Waals surface area contributed by atoms with Crippen LogP contribution in [0.5, 0.6) is 11.5 Å². The van der Waals surface area contributed by atoms with Gasteiger partial charge in [0, 0.05) is 5.56 Å². The van der Waals surface area contributed by atoms with Gasteiger partial charge in [0.1, 0.15) is 29.7 Å². The molecule has 0 aliphatic rings. The van der Waals surface area contributed by atoms with E-state index >= 15 is 0 Å². The number of halogens is 1. The molecular formula is C24H21FN4O3. The lowest BCUT2D eigenvalue weighted by molar-refractivity contribution is 0.0945. The van der Waals surface area contributed by atoms with Crippen molar-refractivity contribution in [3.05, 3.63) is 95.6 Å². The van der Waals surface area contributed by atoms with Crippen molar-refractivity contribution in [2.24, 2.45) is 0 Å². The summed E-state index contributed by atoms with van der Waals surface area (Å²) in [4.78, 5) is 17.1. The average molecular weight is 432 g/mol. The van der Waals surface area contributed by atoms with Crippen molar-refractivity contribution in [2.75, 3.05) is 7.11 Å². The van der Waals surface area contributed by atoms with Crippen molar-refractivity contribution in [2.45, 2.75) is 13.2 Å². The second kappa shape index (κ2) is 9.74. The maximum atomic E-state index is 13.1. The smallest absolute Gasteiger partial charge is 0.255 e. The number of benzene rings is 3. The summed E-state index contributed by atoms with van der Waals surface area (Å²) in [5.74, 6) is 1.62. The number of hydrogen-bond acceptors (Lipinski definition) is 5. The maximum absolute atomic E-state index is 13.1. The highest BCUT2D eigenvalue weighted by Crippen LogP contribution is 2.21. The van der Waals surface area contributed by atoms with Gasteiger partial charge in [0.05, 0.1) is 19.2 Å². The zero-order valence-corrected chi connectivity index (χ0v) is 17.3. The van der Waals surface area contributed by atoms with Gasteiger partial charge in [0.2, 0.25) is 0 Å². The maximum Gasteiger partial charge on any atom is 0.255 e. The van der Waals surface area contributed by atoms with E-state index in [1.807, 2.05) is 24.3 Å². The average Bonchev–Trinajstić information content (AvgIpc) is 3.31. The Morgan fingerprint density at radius 3 is 2.53 bits per heavy atom. The van der Waals surface area contributed by atoms with Gasteiger partial charge < -0.3 is 14.8 Å². The van der Waals surface area contributed by atoms with Crippen LogP contribution < -0.4 is 14.8 Å². The lowest BCUT2D eigenvalue weighted by Crippen LogP contribution is -2.24. The number of rotatable bonds is 8. The molecular weight excluding hydrogens is 411 g/mol. The molecule has 7 nitrogen and oxygen atoms in total. The van der Waals surface area contributed by atoms with Crippen molar-refractivity contribution in [1.29, 1.82) is 0 Å². The van der Waals surface area contributed by atoms with Crippen molar-refractivity contribution in [1.82, 2.24) is 20.5 Å². The summed E-state index contributed by atoms with van der Waals surface area (Å²) in [6.45, 7) is 0.395. The van der Waals surface area contributed by atoms with E-state index in [-0.39, 0.29) is 24.9 Å². The second-order valence-electron chi connectivity index (χ2n) is 6.93. The van der Waals surface area contributed by atoms with Crippen LogP contribution in [0, 0.1) is 5.82 Å². The number of carbonyl (C=O) groups excluding carboxylic acids is 1. The minimum absolute atomic E-state index is 0.175. The Bertz CT molecular complexity index is 1190. The Morgan fingerprint density at radius 2 is 1.78 bits per heavy atom. The molecule has 0 unspecified atom stereocenters. The van der Waals surface area contributed by atoms with Crippen LogP contribution in [0.3, 0.4) is 0 Å². The van der Waals surface area contributed by atoms with E-state index in [9.17, 15) is 9.18 Å². The highest BCUT2D eigenvalue weighted by molar-refractivity contribution is 5.96. The van der Waals surface area contributed by atoms with Crippen LogP contribution in [0.1, 0.15) is 21.7 Å².